The lowest BCUT2D eigenvalue weighted by Crippen LogP contribution is -2.31. The second kappa shape index (κ2) is 5.83. The number of hydrogen-bond donors (Lipinski definition) is 1. The van der Waals surface area contributed by atoms with Gasteiger partial charge in [-0.05, 0) is 49.1 Å². The molecular formula is C17H23FN2. The Balaban J connectivity index is 2.00. The van der Waals surface area contributed by atoms with Crippen molar-refractivity contribution in [3.05, 3.63) is 29.6 Å². The molecule has 0 saturated heterocycles. The van der Waals surface area contributed by atoms with Gasteiger partial charge in [-0.3, -0.25) is 0 Å². The van der Waals surface area contributed by atoms with Gasteiger partial charge in [-0.2, -0.15) is 5.26 Å². The van der Waals surface area contributed by atoms with Crippen LogP contribution in [0.3, 0.4) is 0 Å². The molecule has 1 aromatic carbocycles. The third-order valence-corrected chi connectivity index (χ3v) is 4.44. The topological polar surface area (TPSA) is 35.8 Å². The fourth-order valence-electron chi connectivity index (χ4n) is 3.08. The second-order valence-corrected chi connectivity index (χ2v) is 6.83. The Morgan fingerprint density at radius 3 is 2.40 bits per heavy atom. The Hall–Kier alpha value is -1.56. The molecule has 0 radical (unpaired) electrons. The number of hydrogen-bond acceptors (Lipinski definition) is 2. The molecule has 0 heterocycles. The maximum Gasteiger partial charge on any atom is 0.143 e. The summed E-state index contributed by atoms with van der Waals surface area (Å²) in [6, 6.07) is 7.07. The lowest BCUT2D eigenvalue weighted by molar-refractivity contribution is 0.173. The Bertz CT molecular complexity index is 503. The van der Waals surface area contributed by atoms with E-state index in [9.17, 15) is 4.39 Å². The molecule has 3 heteroatoms. The van der Waals surface area contributed by atoms with Gasteiger partial charge in [-0.1, -0.05) is 26.8 Å². The van der Waals surface area contributed by atoms with Crippen molar-refractivity contribution < 1.29 is 4.39 Å². The van der Waals surface area contributed by atoms with Crippen molar-refractivity contribution in [2.24, 2.45) is 11.3 Å². The Labute approximate surface area is 121 Å². The number of nitriles is 1. The van der Waals surface area contributed by atoms with E-state index in [1.54, 1.807) is 12.1 Å². The number of nitrogens with zero attached hydrogens (tertiary/aromatic N) is 1. The van der Waals surface area contributed by atoms with Gasteiger partial charge < -0.3 is 5.32 Å². The molecular weight excluding hydrogens is 251 g/mol. The summed E-state index contributed by atoms with van der Waals surface area (Å²) in [6.07, 6.45) is 4.56. The number of halogens is 1. The third-order valence-electron chi connectivity index (χ3n) is 4.44. The minimum Gasteiger partial charge on any atom is -0.381 e. The van der Waals surface area contributed by atoms with Crippen LogP contribution in [0.25, 0.3) is 0 Å². The first kappa shape index (κ1) is 14.8. The molecule has 0 spiro atoms. The molecule has 0 amide bonds. The van der Waals surface area contributed by atoms with Crippen LogP contribution in [0.1, 0.15) is 52.0 Å². The maximum absolute atomic E-state index is 13.6. The molecule has 2 rings (SSSR count). The average Bonchev–Trinajstić information content (AvgIpc) is 2.38. The van der Waals surface area contributed by atoms with Crippen molar-refractivity contribution >= 4 is 5.69 Å². The van der Waals surface area contributed by atoms with E-state index in [0.29, 0.717) is 17.1 Å². The molecule has 0 aliphatic heterocycles. The molecule has 108 valence electrons. The zero-order valence-electron chi connectivity index (χ0n) is 12.5. The summed E-state index contributed by atoms with van der Waals surface area (Å²) in [5.74, 6) is 0.310. The van der Waals surface area contributed by atoms with Gasteiger partial charge in [0.2, 0.25) is 0 Å². The van der Waals surface area contributed by atoms with Crippen LogP contribution in [-0.4, -0.2) is 6.04 Å². The highest BCUT2D eigenvalue weighted by Gasteiger charge is 2.29. The third kappa shape index (κ3) is 3.30. The van der Waals surface area contributed by atoms with Crippen molar-refractivity contribution in [1.82, 2.24) is 0 Å². The van der Waals surface area contributed by atoms with Gasteiger partial charge in [-0.15, -0.1) is 0 Å². The maximum atomic E-state index is 13.6. The molecule has 1 aromatic rings. The largest absolute Gasteiger partial charge is 0.381 e. The van der Waals surface area contributed by atoms with Crippen LogP contribution in [0.5, 0.6) is 0 Å². The van der Waals surface area contributed by atoms with E-state index < -0.39 is 5.82 Å². The lowest BCUT2D eigenvalue weighted by atomic mass is 9.71. The lowest BCUT2D eigenvalue weighted by Gasteiger charge is -2.37. The smallest absolute Gasteiger partial charge is 0.143 e. The number of benzene rings is 1. The van der Waals surface area contributed by atoms with E-state index in [1.807, 2.05) is 6.07 Å². The van der Waals surface area contributed by atoms with E-state index in [2.05, 4.69) is 26.1 Å². The molecule has 1 N–H and O–H groups in total. The molecule has 1 aliphatic carbocycles. The summed E-state index contributed by atoms with van der Waals surface area (Å²) in [4.78, 5) is 0. The van der Waals surface area contributed by atoms with Gasteiger partial charge in [0.15, 0.2) is 0 Å². The van der Waals surface area contributed by atoms with Gasteiger partial charge in [0, 0.05) is 6.04 Å². The molecule has 0 unspecified atom stereocenters. The van der Waals surface area contributed by atoms with Crippen LogP contribution in [-0.2, 0) is 0 Å². The van der Waals surface area contributed by atoms with Crippen LogP contribution < -0.4 is 5.32 Å². The Kier molecular flexibility index (Phi) is 4.32. The molecule has 0 aromatic heterocycles. The minimum atomic E-state index is -0.444. The van der Waals surface area contributed by atoms with Crippen LogP contribution in [0.15, 0.2) is 18.2 Å². The normalized spacial score (nSPS) is 23.1. The van der Waals surface area contributed by atoms with E-state index >= 15 is 0 Å². The summed E-state index contributed by atoms with van der Waals surface area (Å²) in [6.45, 7) is 6.89. The van der Waals surface area contributed by atoms with Gasteiger partial charge >= 0.3 is 0 Å². The van der Waals surface area contributed by atoms with Crippen LogP contribution in [0.4, 0.5) is 10.1 Å². The highest BCUT2D eigenvalue weighted by molar-refractivity contribution is 5.58. The van der Waals surface area contributed by atoms with Crippen LogP contribution in [0, 0.1) is 28.5 Å². The summed E-state index contributed by atoms with van der Waals surface area (Å²) in [5, 5.41) is 12.4. The Morgan fingerprint density at radius 2 is 1.85 bits per heavy atom. The highest BCUT2D eigenvalue weighted by Crippen LogP contribution is 2.38. The van der Waals surface area contributed by atoms with E-state index in [4.69, 9.17) is 5.26 Å². The quantitative estimate of drug-likeness (QED) is 0.847. The predicted octanol–water partition coefficient (Wildman–Crippen LogP) is 4.71. The van der Waals surface area contributed by atoms with Crippen molar-refractivity contribution in [3.63, 3.8) is 0 Å². The van der Waals surface area contributed by atoms with Crippen LogP contribution >= 0.6 is 0 Å². The standard InChI is InChI=1S/C17H23FN2/c1-17(2,3)12-7-9-13(10-8-12)20-16-6-4-5-15(18)14(16)11-19/h4-6,12-13,20H,7-10H2,1-3H3. The summed E-state index contributed by atoms with van der Waals surface area (Å²) in [7, 11) is 0. The highest BCUT2D eigenvalue weighted by atomic mass is 19.1. The van der Waals surface area contributed by atoms with Gasteiger partial charge in [-0.25, -0.2) is 4.39 Å². The van der Waals surface area contributed by atoms with Crippen LogP contribution in [0.2, 0.25) is 0 Å². The van der Waals surface area contributed by atoms with E-state index in [-0.39, 0.29) is 5.56 Å². The van der Waals surface area contributed by atoms with E-state index in [1.165, 1.54) is 18.9 Å². The molecule has 1 saturated carbocycles. The number of rotatable bonds is 2. The zero-order chi connectivity index (χ0) is 14.8. The zero-order valence-corrected chi connectivity index (χ0v) is 12.5. The first-order valence-electron chi connectivity index (χ1n) is 7.37. The molecule has 0 atom stereocenters. The van der Waals surface area contributed by atoms with Crippen molar-refractivity contribution in [2.75, 3.05) is 5.32 Å². The second-order valence-electron chi connectivity index (χ2n) is 6.83. The number of nitrogens with one attached hydrogen (secondary N) is 1. The fourth-order valence-corrected chi connectivity index (χ4v) is 3.08. The van der Waals surface area contributed by atoms with Gasteiger partial charge in [0.05, 0.1) is 5.69 Å². The molecule has 1 aliphatic rings. The van der Waals surface area contributed by atoms with Crippen molar-refractivity contribution in [3.8, 4) is 6.07 Å². The minimum absolute atomic E-state index is 0.130. The molecule has 20 heavy (non-hydrogen) atoms. The SMILES string of the molecule is CC(C)(C)C1CCC(Nc2cccc(F)c2C#N)CC1. The predicted molar refractivity (Wildman–Crippen MR) is 79.9 cm³/mol. The number of anilines is 1. The summed E-state index contributed by atoms with van der Waals surface area (Å²) < 4.78 is 13.6. The van der Waals surface area contributed by atoms with Crippen molar-refractivity contribution in [1.29, 1.82) is 5.26 Å². The van der Waals surface area contributed by atoms with Crippen molar-refractivity contribution in [2.45, 2.75) is 52.5 Å². The Morgan fingerprint density at radius 1 is 1.20 bits per heavy atom. The van der Waals surface area contributed by atoms with E-state index in [0.717, 1.165) is 18.8 Å². The molecule has 0 bridgehead atoms. The fraction of sp³-hybridized carbons (Fsp3) is 0.588. The summed E-state index contributed by atoms with van der Waals surface area (Å²) >= 11 is 0. The van der Waals surface area contributed by atoms with Gasteiger partial charge in [0.25, 0.3) is 0 Å². The monoisotopic (exact) mass is 274 g/mol. The van der Waals surface area contributed by atoms with Gasteiger partial charge in [0.1, 0.15) is 17.4 Å². The molecule has 2 nitrogen and oxygen atoms in total. The summed E-state index contributed by atoms with van der Waals surface area (Å²) in [5.41, 5.74) is 1.12. The average molecular weight is 274 g/mol. The molecule has 1 fully saturated rings. The first-order chi connectivity index (χ1) is 9.41. The first-order valence-corrected chi connectivity index (χ1v) is 7.37.